The molecule has 0 radical (unpaired) electrons. The third-order valence-electron chi connectivity index (χ3n) is 3.42. The van der Waals surface area contributed by atoms with Crippen molar-refractivity contribution in [3.63, 3.8) is 0 Å². The van der Waals surface area contributed by atoms with Gasteiger partial charge < -0.3 is 5.73 Å². The highest BCUT2D eigenvalue weighted by Crippen LogP contribution is 2.31. The van der Waals surface area contributed by atoms with Gasteiger partial charge in [0.25, 0.3) is 0 Å². The highest BCUT2D eigenvalue weighted by Gasteiger charge is 2.11. The minimum absolute atomic E-state index is 0.209. The molecule has 0 amide bonds. The van der Waals surface area contributed by atoms with E-state index in [0.717, 1.165) is 27.3 Å². The van der Waals surface area contributed by atoms with Crippen LogP contribution in [0.1, 0.15) is 0 Å². The zero-order valence-electron chi connectivity index (χ0n) is 12.4. The van der Waals surface area contributed by atoms with Crippen molar-refractivity contribution in [2.75, 3.05) is 12.0 Å². The largest absolute Gasteiger partial charge is 0.368 e. The molecule has 4 nitrogen and oxygen atoms in total. The van der Waals surface area contributed by atoms with Crippen molar-refractivity contribution in [1.29, 1.82) is 0 Å². The molecule has 0 aliphatic heterocycles. The van der Waals surface area contributed by atoms with Gasteiger partial charge in [0.15, 0.2) is 0 Å². The minimum atomic E-state index is -1.01. The lowest BCUT2D eigenvalue weighted by Gasteiger charge is -2.10. The molecule has 0 aliphatic rings. The summed E-state index contributed by atoms with van der Waals surface area (Å²) in [7, 11) is -1.01. The fourth-order valence-electron chi connectivity index (χ4n) is 2.26. The van der Waals surface area contributed by atoms with Crippen LogP contribution in [0.15, 0.2) is 59.6 Å². The molecule has 1 aromatic heterocycles. The monoisotopic (exact) mass is 343 g/mol. The quantitative estimate of drug-likeness (QED) is 0.785. The molecule has 1 unspecified atom stereocenters. The van der Waals surface area contributed by atoms with E-state index in [-0.39, 0.29) is 5.95 Å². The zero-order chi connectivity index (χ0) is 16.4. The molecule has 0 bridgehead atoms. The molecule has 23 heavy (non-hydrogen) atoms. The number of halogens is 1. The first-order valence-corrected chi connectivity index (χ1v) is 8.80. The Morgan fingerprint density at radius 3 is 2.22 bits per heavy atom. The molecule has 116 valence electrons. The van der Waals surface area contributed by atoms with Crippen molar-refractivity contribution < 1.29 is 4.21 Å². The van der Waals surface area contributed by atoms with E-state index >= 15 is 0 Å². The second kappa shape index (κ2) is 6.48. The Bertz CT molecular complexity index is 864. The van der Waals surface area contributed by atoms with E-state index in [9.17, 15) is 4.21 Å². The summed E-state index contributed by atoms with van der Waals surface area (Å²) in [5, 5.41) is 0.668. The molecule has 0 fully saturated rings. The molecule has 2 aromatic carbocycles. The maximum Gasteiger partial charge on any atom is 0.220 e. The first kappa shape index (κ1) is 15.6. The van der Waals surface area contributed by atoms with Gasteiger partial charge in [0.2, 0.25) is 5.95 Å². The van der Waals surface area contributed by atoms with E-state index in [1.165, 1.54) is 0 Å². The number of benzene rings is 2. The van der Waals surface area contributed by atoms with E-state index in [0.29, 0.717) is 5.02 Å². The average Bonchev–Trinajstić information content (AvgIpc) is 2.56. The van der Waals surface area contributed by atoms with Gasteiger partial charge in [-0.05, 0) is 29.8 Å². The van der Waals surface area contributed by atoms with Gasteiger partial charge in [0.1, 0.15) is 0 Å². The number of rotatable bonds is 3. The molecule has 6 heteroatoms. The van der Waals surface area contributed by atoms with Gasteiger partial charge >= 0.3 is 0 Å². The Labute approximate surface area is 141 Å². The molecular formula is C17H14ClN3OS. The number of aromatic nitrogens is 2. The molecule has 3 rings (SSSR count). The molecule has 1 atom stereocenters. The van der Waals surface area contributed by atoms with Crippen LogP contribution in [0.5, 0.6) is 0 Å². The molecule has 0 saturated heterocycles. The predicted octanol–water partition coefficient (Wildman–Crippen LogP) is 3.78. The van der Waals surface area contributed by atoms with Crippen molar-refractivity contribution in [3.8, 4) is 22.4 Å². The van der Waals surface area contributed by atoms with Gasteiger partial charge in [-0.3, -0.25) is 4.21 Å². The Morgan fingerprint density at radius 2 is 1.61 bits per heavy atom. The first-order valence-electron chi connectivity index (χ1n) is 6.87. The van der Waals surface area contributed by atoms with Crippen LogP contribution in [0.25, 0.3) is 22.4 Å². The van der Waals surface area contributed by atoms with Crippen LogP contribution < -0.4 is 5.73 Å². The zero-order valence-corrected chi connectivity index (χ0v) is 13.9. The van der Waals surface area contributed by atoms with Crippen LogP contribution >= 0.6 is 11.6 Å². The third-order valence-corrected chi connectivity index (χ3v) is 4.61. The Hall–Kier alpha value is -2.24. The first-order chi connectivity index (χ1) is 11.0. The van der Waals surface area contributed by atoms with Crippen molar-refractivity contribution in [2.45, 2.75) is 4.90 Å². The molecule has 1 heterocycles. The highest BCUT2D eigenvalue weighted by molar-refractivity contribution is 7.84. The van der Waals surface area contributed by atoms with E-state index in [2.05, 4.69) is 9.97 Å². The van der Waals surface area contributed by atoms with E-state index in [1.54, 1.807) is 12.5 Å². The number of anilines is 1. The maximum atomic E-state index is 11.5. The Kier molecular flexibility index (Phi) is 4.41. The predicted molar refractivity (Wildman–Crippen MR) is 94.7 cm³/mol. The van der Waals surface area contributed by atoms with E-state index in [1.807, 2.05) is 48.5 Å². The van der Waals surface area contributed by atoms with Gasteiger partial charge in [0, 0.05) is 44.3 Å². The number of hydrogen-bond acceptors (Lipinski definition) is 4. The van der Waals surface area contributed by atoms with E-state index < -0.39 is 10.8 Å². The number of nitrogens with zero attached hydrogens (tertiary/aromatic N) is 2. The van der Waals surface area contributed by atoms with Gasteiger partial charge in [-0.2, -0.15) is 0 Å². The van der Waals surface area contributed by atoms with Gasteiger partial charge in [0.05, 0.1) is 5.69 Å². The molecular weight excluding hydrogens is 330 g/mol. The third kappa shape index (κ3) is 3.41. The van der Waals surface area contributed by atoms with Crippen LogP contribution in [0.4, 0.5) is 5.95 Å². The topological polar surface area (TPSA) is 68.9 Å². The molecule has 2 N–H and O–H groups in total. The van der Waals surface area contributed by atoms with Crippen molar-refractivity contribution >= 4 is 28.3 Å². The van der Waals surface area contributed by atoms with Crippen LogP contribution in [-0.2, 0) is 10.8 Å². The van der Waals surface area contributed by atoms with Crippen LogP contribution in [-0.4, -0.2) is 20.4 Å². The van der Waals surface area contributed by atoms with Gasteiger partial charge in [-0.1, -0.05) is 35.9 Å². The second-order valence-corrected chi connectivity index (χ2v) is 6.79. The summed E-state index contributed by atoms with van der Waals surface area (Å²) < 4.78 is 11.5. The van der Waals surface area contributed by atoms with Crippen LogP contribution in [0.3, 0.4) is 0 Å². The van der Waals surface area contributed by atoms with Crippen LogP contribution in [0, 0.1) is 0 Å². The minimum Gasteiger partial charge on any atom is -0.368 e. The highest BCUT2D eigenvalue weighted by atomic mass is 35.5. The Morgan fingerprint density at radius 1 is 1.00 bits per heavy atom. The normalized spacial score (nSPS) is 12.1. The summed E-state index contributed by atoms with van der Waals surface area (Å²) in [6.45, 7) is 0. The van der Waals surface area contributed by atoms with Crippen LogP contribution in [0.2, 0.25) is 5.02 Å². The SMILES string of the molecule is CS(=O)c1ccc(-c2nc(N)ncc2-c2ccc(Cl)cc2)cc1. The second-order valence-electron chi connectivity index (χ2n) is 4.98. The van der Waals surface area contributed by atoms with Crippen molar-refractivity contribution in [2.24, 2.45) is 0 Å². The van der Waals surface area contributed by atoms with Crippen molar-refractivity contribution in [3.05, 3.63) is 59.8 Å². The summed E-state index contributed by atoms with van der Waals surface area (Å²) in [6.07, 6.45) is 3.35. The Balaban J connectivity index is 2.12. The lowest BCUT2D eigenvalue weighted by atomic mass is 10.0. The molecule has 0 spiro atoms. The van der Waals surface area contributed by atoms with Gasteiger partial charge in [-0.25, -0.2) is 9.97 Å². The number of nitrogen functional groups attached to an aromatic ring is 1. The molecule has 0 saturated carbocycles. The summed E-state index contributed by atoms with van der Waals surface area (Å²) in [5.41, 5.74) is 9.18. The lowest BCUT2D eigenvalue weighted by Crippen LogP contribution is -1.99. The standard InChI is InChI=1S/C17H14ClN3OS/c1-23(22)14-8-4-12(5-9-14)16-15(10-20-17(19)21-16)11-2-6-13(18)7-3-11/h2-10H,1H3,(H2,19,20,21). The average molecular weight is 344 g/mol. The van der Waals surface area contributed by atoms with Crippen molar-refractivity contribution in [1.82, 2.24) is 9.97 Å². The number of nitrogens with two attached hydrogens (primary N) is 1. The summed E-state index contributed by atoms with van der Waals surface area (Å²) >= 11 is 5.95. The fraction of sp³-hybridized carbons (Fsp3) is 0.0588. The molecule has 3 aromatic rings. The molecule has 0 aliphatic carbocycles. The smallest absolute Gasteiger partial charge is 0.220 e. The maximum absolute atomic E-state index is 11.5. The van der Waals surface area contributed by atoms with E-state index in [4.69, 9.17) is 17.3 Å². The summed E-state index contributed by atoms with van der Waals surface area (Å²) in [5.74, 6) is 0.209. The fourth-order valence-corrected chi connectivity index (χ4v) is 2.91. The summed E-state index contributed by atoms with van der Waals surface area (Å²) in [6, 6.07) is 14.9. The lowest BCUT2D eigenvalue weighted by molar-refractivity contribution is 0.687. The van der Waals surface area contributed by atoms with Gasteiger partial charge in [-0.15, -0.1) is 0 Å². The number of hydrogen-bond donors (Lipinski definition) is 1. The summed E-state index contributed by atoms with van der Waals surface area (Å²) in [4.78, 5) is 9.24.